The van der Waals surface area contributed by atoms with E-state index in [2.05, 4.69) is 55.2 Å². The van der Waals surface area contributed by atoms with Gasteiger partial charge in [0.2, 0.25) is 11.8 Å². The summed E-state index contributed by atoms with van der Waals surface area (Å²) >= 11 is 0. The zero-order chi connectivity index (χ0) is 25.9. The van der Waals surface area contributed by atoms with E-state index in [4.69, 9.17) is 19.6 Å². The summed E-state index contributed by atoms with van der Waals surface area (Å²) in [6.45, 7) is 4.76. The van der Waals surface area contributed by atoms with Gasteiger partial charge in [-0.25, -0.2) is 9.97 Å². The van der Waals surface area contributed by atoms with Crippen LogP contribution in [-0.4, -0.2) is 66.1 Å². The number of ether oxygens (including phenoxy) is 2. The van der Waals surface area contributed by atoms with E-state index in [9.17, 15) is 0 Å². The number of nitrogens with zero attached hydrogens (tertiary/aromatic N) is 6. The van der Waals surface area contributed by atoms with Gasteiger partial charge in [0.25, 0.3) is 0 Å². The van der Waals surface area contributed by atoms with Gasteiger partial charge in [-0.1, -0.05) is 18.2 Å². The number of benzene rings is 2. The number of methoxy groups -OCH3 is 1. The van der Waals surface area contributed by atoms with Crippen molar-refractivity contribution in [2.75, 3.05) is 62.0 Å². The number of nitrogens with two attached hydrogens (primary N) is 1. The molecule has 10 nitrogen and oxygen atoms in total. The molecule has 1 aliphatic rings. The molecule has 6 rings (SSSR count). The van der Waals surface area contributed by atoms with Crippen LogP contribution in [0.25, 0.3) is 28.5 Å². The maximum absolute atomic E-state index is 6.24. The minimum Gasteiger partial charge on any atom is -0.491 e. The molecular weight excluding hydrogens is 482 g/mol. The molecular formula is C28H29N7O3. The van der Waals surface area contributed by atoms with Gasteiger partial charge in [-0.15, -0.1) is 5.10 Å². The van der Waals surface area contributed by atoms with Gasteiger partial charge >= 0.3 is 0 Å². The molecule has 1 aliphatic heterocycles. The molecule has 0 radical (unpaired) electrons. The molecule has 1 fully saturated rings. The fourth-order valence-corrected chi connectivity index (χ4v) is 4.67. The topological polar surface area (TPSA) is 107 Å². The average Bonchev–Trinajstić information content (AvgIpc) is 3.64. The predicted octanol–water partition coefficient (Wildman–Crippen LogP) is 3.99. The van der Waals surface area contributed by atoms with Gasteiger partial charge in [0, 0.05) is 62.4 Å². The van der Waals surface area contributed by atoms with E-state index in [1.54, 1.807) is 19.4 Å². The van der Waals surface area contributed by atoms with Crippen molar-refractivity contribution in [3.05, 3.63) is 73.0 Å². The third-order valence-electron chi connectivity index (χ3n) is 6.62. The number of hydrogen-bond donors (Lipinski definition) is 1. The summed E-state index contributed by atoms with van der Waals surface area (Å²) in [6.07, 6.45) is 1.59. The largest absolute Gasteiger partial charge is 0.491 e. The third-order valence-corrected chi connectivity index (χ3v) is 6.62. The minimum atomic E-state index is 0.273. The van der Waals surface area contributed by atoms with Crippen LogP contribution >= 0.6 is 0 Å². The zero-order valence-corrected chi connectivity index (χ0v) is 21.2. The average molecular weight is 512 g/mol. The van der Waals surface area contributed by atoms with Crippen LogP contribution in [0.15, 0.2) is 77.4 Å². The Labute approximate surface area is 220 Å². The molecule has 5 aromatic rings. The van der Waals surface area contributed by atoms with Gasteiger partial charge in [-0.2, -0.15) is 4.52 Å². The second-order valence-corrected chi connectivity index (χ2v) is 9.05. The quantitative estimate of drug-likeness (QED) is 0.310. The lowest BCUT2D eigenvalue weighted by molar-refractivity contribution is 0.146. The molecule has 0 unspecified atom stereocenters. The number of fused-ring (bicyclic) bond motifs is 1. The summed E-state index contributed by atoms with van der Waals surface area (Å²) in [5, 5.41) is 4.43. The lowest BCUT2D eigenvalue weighted by atomic mass is 10.1. The number of aromatic nitrogens is 4. The van der Waals surface area contributed by atoms with Gasteiger partial charge in [0.1, 0.15) is 12.4 Å². The van der Waals surface area contributed by atoms with Crippen LogP contribution in [0.3, 0.4) is 0 Å². The van der Waals surface area contributed by atoms with E-state index in [0.717, 1.165) is 48.9 Å². The molecule has 2 N–H and O–H groups in total. The van der Waals surface area contributed by atoms with E-state index in [1.807, 2.05) is 30.3 Å². The Kier molecular flexibility index (Phi) is 6.53. The summed E-state index contributed by atoms with van der Waals surface area (Å²) in [5.41, 5.74) is 10.9. The van der Waals surface area contributed by atoms with Crippen molar-refractivity contribution >= 4 is 23.0 Å². The van der Waals surface area contributed by atoms with Gasteiger partial charge in [-0.3, -0.25) is 0 Å². The van der Waals surface area contributed by atoms with E-state index in [0.29, 0.717) is 30.4 Å². The van der Waals surface area contributed by atoms with Gasteiger partial charge < -0.3 is 29.4 Å². The fourth-order valence-electron chi connectivity index (χ4n) is 4.67. The lowest BCUT2D eigenvalue weighted by Gasteiger charge is -2.37. The Hall–Kier alpha value is -4.57. The van der Waals surface area contributed by atoms with E-state index in [1.165, 1.54) is 10.2 Å². The van der Waals surface area contributed by atoms with Crippen molar-refractivity contribution in [1.29, 1.82) is 0 Å². The number of piperazine rings is 1. The highest BCUT2D eigenvalue weighted by molar-refractivity contribution is 5.70. The summed E-state index contributed by atoms with van der Waals surface area (Å²) < 4.78 is 17.8. The normalized spacial score (nSPS) is 13.8. The molecule has 194 valence electrons. The van der Waals surface area contributed by atoms with Crippen LogP contribution < -0.4 is 20.3 Å². The van der Waals surface area contributed by atoms with Crippen LogP contribution in [0.1, 0.15) is 0 Å². The number of hydrogen-bond acceptors (Lipinski definition) is 9. The highest BCUT2D eigenvalue weighted by Gasteiger charge is 2.19. The molecule has 0 aliphatic carbocycles. The monoisotopic (exact) mass is 511 g/mol. The highest BCUT2D eigenvalue weighted by Crippen LogP contribution is 2.28. The van der Waals surface area contributed by atoms with Crippen LogP contribution in [0, 0.1) is 0 Å². The van der Waals surface area contributed by atoms with Crippen LogP contribution in [-0.2, 0) is 4.74 Å². The van der Waals surface area contributed by atoms with E-state index in [-0.39, 0.29) is 5.95 Å². The molecule has 0 amide bonds. The Morgan fingerprint density at radius 1 is 0.868 bits per heavy atom. The molecule has 0 atom stereocenters. The van der Waals surface area contributed by atoms with Crippen molar-refractivity contribution < 1.29 is 13.9 Å². The Bertz CT molecular complexity index is 1530. The van der Waals surface area contributed by atoms with Crippen LogP contribution in [0.5, 0.6) is 5.75 Å². The summed E-state index contributed by atoms with van der Waals surface area (Å²) in [4.78, 5) is 14.0. The number of nitrogen functional groups attached to an aromatic ring is 1. The van der Waals surface area contributed by atoms with Crippen molar-refractivity contribution in [1.82, 2.24) is 19.6 Å². The van der Waals surface area contributed by atoms with E-state index < -0.39 is 0 Å². The predicted molar refractivity (Wildman–Crippen MR) is 147 cm³/mol. The summed E-state index contributed by atoms with van der Waals surface area (Å²) in [6, 6.07) is 22.1. The fraction of sp³-hybridized carbons (Fsp3) is 0.250. The second-order valence-electron chi connectivity index (χ2n) is 9.05. The second kappa shape index (κ2) is 10.4. The van der Waals surface area contributed by atoms with Crippen molar-refractivity contribution in [2.45, 2.75) is 0 Å². The summed E-state index contributed by atoms with van der Waals surface area (Å²) in [5.74, 6) is 2.19. The lowest BCUT2D eigenvalue weighted by Crippen LogP contribution is -2.46. The molecule has 0 saturated carbocycles. The molecule has 2 aromatic carbocycles. The molecule has 0 spiro atoms. The summed E-state index contributed by atoms with van der Waals surface area (Å²) in [7, 11) is 1.68. The molecule has 10 heteroatoms. The molecule has 0 bridgehead atoms. The first-order valence-corrected chi connectivity index (χ1v) is 12.6. The third kappa shape index (κ3) is 4.85. The van der Waals surface area contributed by atoms with Crippen molar-refractivity contribution in [3.8, 4) is 28.6 Å². The van der Waals surface area contributed by atoms with E-state index >= 15 is 0 Å². The van der Waals surface area contributed by atoms with Gasteiger partial charge in [0.05, 0.1) is 18.6 Å². The Morgan fingerprint density at radius 3 is 2.37 bits per heavy atom. The molecule has 3 aromatic heterocycles. The van der Waals surface area contributed by atoms with Crippen LogP contribution in [0.4, 0.5) is 17.3 Å². The number of anilines is 3. The highest BCUT2D eigenvalue weighted by atomic mass is 16.5. The molecule has 4 heterocycles. The SMILES string of the molecule is COCCOc1cccc(N2CCN(c3cccc(-c4cc5nc(-c6ccco6)nn5c(N)n4)c3)CC2)c1. The zero-order valence-electron chi connectivity index (χ0n) is 21.2. The van der Waals surface area contributed by atoms with Gasteiger partial charge in [0.15, 0.2) is 11.4 Å². The Balaban J connectivity index is 1.17. The van der Waals surface area contributed by atoms with Gasteiger partial charge in [-0.05, 0) is 36.4 Å². The molecule has 38 heavy (non-hydrogen) atoms. The smallest absolute Gasteiger partial charge is 0.223 e. The minimum absolute atomic E-state index is 0.273. The maximum atomic E-state index is 6.24. The van der Waals surface area contributed by atoms with Crippen molar-refractivity contribution in [3.63, 3.8) is 0 Å². The first-order valence-electron chi connectivity index (χ1n) is 12.6. The first kappa shape index (κ1) is 23.8. The maximum Gasteiger partial charge on any atom is 0.223 e. The number of rotatable bonds is 8. The molecule has 1 saturated heterocycles. The number of furan rings is 1. The Morgan fingerprint density at radius 2 is 1.63 bits per heavy atom. The van der Waals surface area contributed by atoms with Crippen LogP contribution in [0.2, 0.25) is 0 Å². The first-order chi connectivity index (χ1) is 18.7. The van der Waals surface area contributed by atoms with Crippen molar-refractivity contribution in [2.24, 2.45) is 0 Å². The standard InChI is InChI=1S/C28H29N7O3/c1-36-15-16-37-23-8-3-7-22(18-23)34-12-10-33(11-13-34)21-6-2-5-20(17-21)24-19-26-31-27(25-9-4-14-38-25)32-35(26)28(29)30-24/h2-9,14,17-19H,10-13,15-16H2,1H3,(H2,29,30).